The zero-order valence-electron chi connectivity index (χ0n) is 9.67. The maximum atomic E-state index is 11.2. The summed E-state index contributed by atoms with van der Waals surface area (Å²) in [6.45, 7) is 1.61. The number of aliphatic hydroxyl groups is 1. The molecule has 2 N–H and O–H groups in total. The number of aliphatic hydroxyl groups excluding tert-OH is 1. The van der Waals surface area contributed by atoms with Crippen LogP contribution in [0.3, 0.4) is 0 Å². The summed E-state index contributed by atoms with van der Waals surface area (Å²) in [5, 5.41) is 18.4. The SMILES string of the molecule is O=C(O)C1(CO)CCN(Cc2ccccc2)C1. The Labute approximate surface area is 100 Å². The molecule has 2 rings (SSSR count). The highest BCUT2D eigenvalue weighted by atomic mass is 16.4. The first-order valence-electron chi connectivity index (χ1n) is 5.77. The van der Waals surface area contributed by atoms with E-state index in [1.165, 1.54) is 5.56 Å². The highest BCUT2D eigenvalue weighted by Gasteiger charge is 2.44. The van der Waals surface area contributed by atoms with Crippen molar-refractivity contribution in [1.82, 2.24) is 4.90 Å². The lowest BCUT2D eigenvalue weighted by atomic mass is 9.88. The van der Waals surface area contributed by atoms with Crippen LogP contribution in [0.5, 0.6) is 0 Å². The Bertz CT molecular complexity index is 393. The van der Waals surface area contributed by atoms with Crippen molar-refractivity contribution in [1.29, 1.82) is 0 Å². The second-order valence-corrected chi connectivity index (χ2v) is 4.69. The van der Waals surface area contributed by atoms with Gasteiger partial charge in [-0.15, -0.1) is 0 Å². The summed E-state index contributed by atoms with van der Waals surface area (Å²) in [4.78, 5) is 13.2. The minimum absolute atomic E-state index is 0.284. The summed E-state index contributed by atoms with van der Waals surface area (Å²) in [5.74, 6) is -0.893. The molecule has 1 fully saturated rings. The zero-order valence-corrected chi connectivity index (χ0v) is 9.67. The van der Waals surface area contributed by atoms with E-state index in [4.69, 9.17) is 5.11 Å². The molecule has 1 atom stereocenters. The Morgan fingerprint density at radius 3 is 2.59 bits per heavy atom. The molecule has 17 heavy (non-hydrogen) atoms. The summed E-state index contributed by atoms with van der Waals surface area (Å²) in [6.07, 6.45) is 0.520. The minimum atomic E-state index is -0.964. The number of carboxylic acid groups (broad SMARTS) is 1. The number of nitrogens with zero attached hydrogens (tertiary/aromatic N) is 1. The van der Waals surface area contributed by atoms with Crippen LogP contribution in [0.15, 0.2) is 30.3 Å². The van der Waals surface area contributed by atoms with Crippen molar-refractivity contribution in [2.75, 3.05) is 19.7 Å². The summed E-state index contributed by atoms with van der Waals surface area (Å²) >= 11 is 0. The van der Waals surface area contributed by atoms with Crippen molar-refractivity contribution in [3.63, 3.8) is 0 Å². The summed E-state index contributed by atoms with van der Waals surface area (Å²) in [5.41, 5.74) is 0.209. The average molecular weight is 235 g/mol. The van der Waals surface area contributed by atoms with Gasteiger partial charge in [-0.25, -0.2) is 0 Å². The molecule has 0 aliphatic carbocycles. The van der Waals surface area contributed by atoms with Crippen LogP contribution in [-0.2, 0) is 11.3 Å². The number of carbonyl (C=O) groups is 1. The van der Waals surface area contributed by atoms with E-state index in [9.17, 15) is 9.90 Å². The molecule has 1 saturated heterocycles. The van der Waals surface area contributed by atoms with E-state index in [2.05, 4.69) is 4.90 Å². The smallest absolute Gasteiger partial charge is 0.313 e. The van der Waals surface area contributed by atoms with Gasteiger partial charge in [-0.05, 0) is 18.5 Å². The third-order valence-electron chi connectivity index (χ3n) is 3.44. The van der Waals surface area contributed by atoms with E-state index in [-0.39, 0.29) is 6.61 Å². The van der Waals surface area contributed by atoms with E-state index in [1.54, 1.807) is 0 Å². The van der Waals surface area contributed by atoms with Crippen molar-refractivity contribution >= 4 is 5.97 Å². The van der Waals surface area contributed by atoms with Gasteiger partial charge >= 0.3 is 5.97 Å². The van der Waals surface area contributed by atoms with Crippen LogP contribution >= 0.6 is 0 Å². The lowest BCUT2D eigenvalue weighted by molar-refractivity contribution is -0.150. The molecule has 1 aromatic rings. The highest BCUT2D eigenvalue weighted by molar-refractivity contribution is 5.75. The van der Waals surface area contributed by atoms with Crippen molar-refractivity contribution in [3.05, 3.63) is 35.9 Å². The van der Waals surface area contributed by atoms with Crippen LogP contribution in [0, 0.1) is 5.41 Å². The molecule has 1 heterocycles. The van der Waals surface area contributed by atoms with Gasteiger partial charge in [0.25, 0.3) is 0 Å². The largest absolute Gasteiger partial charge is 0.481 e. The third-order valence-corrected chi connectivity index (χ3v) is 3.44. The number of hydrogen-bond acceptors (Lipinski definition) is 3. The van der Waals surface area contributed by atoms with Gasteiger partial charge in [0.15, 0.2) is 0 Å². The number of aliphatic carboxylic acids is 1. The maximum absolute atomic E-state index is 11.2. The molecule has 0 radical (unpaired) electrons. The lowest BCUT2D eigenvalue weighted by Gasteiger charge is -2.22. The first-order chi connectivity index (χ1) is 8.16. The fourth-order valence-corrected chi connectivity index (χ4v) is 2.31. The van der Waals surface area contributed by atoms with E-state index < -0.39 is 11.4 Å². The molecule has 4 nitrogen and oxygen atoms in total. The molecule has 0 amide bonds. The second kappa shape index (κ2) is 4.85. The second-order valence-electron chi connectivity index (χ2n) is 4.69. The van der Waals surface area contributed by atoms with E-state index in [1.807, 2.05) is 30.3 Å². The number of likely N-dealkylation sites (tertiary alicyclic amines) is 1. The van der Waals surface area contributed by atoms with Gasteiger partial charge in [0.05, 0.1) is 6.61 Å². The molecule has 0 aromatic heterocycles. The summed E-state index contributed by atoms with van der Waals surface area (Å²) in [6, 6.07) is 9.96. The third kappa shape index (κ3) is 2.48. The fourth-order valence-electron chi connectivity index (χ4n) is 2.31. The fraction of sp³-hybridized carbons (Fsp3) is 0.462. The summed E-state index contributed by atoms with van der Waals surface area (Å²) < 4.78 is 0. The van der Waals surface area contributed by atoms with Crippen molar-refractivity contribution in [2.45, 2.75) is 13.0 Å². The Morgan fingerprint density at radius 2 is 2.06 bits per heavy atom. The molecule has 92 valence electrons. The monoisotopic (exact) mass is 235 g/mol. The molecular weight excluding hydrogens is 218 g/mol. The lowest BCUT2D eigenvalue weighted by Crippen LogP contribution is -2.37. The first kappa shape index (κ1) is 12.1. The topological polar surface area (TPSA) is 60.8 Å². The average Bonchev–Trinajstić information content (AvgIpc) is 2.75. The molecule has 4 heteroatoms. The van der Waals surface area contributed by atoms with Crippen LogP contribution < -0.4 is 0 Å². The van der Waals surface area contributed by atoms with E-state index >= 15 is 0 Å². The van der Waals surface area contributed by atoms with Gasteiger partial charge in [0.1, 0.15) is 5.41 Å². The first-order valence-corrected chi connectivity index (χ1v) is 5.77. The van der Waals surface area contributed by atoms with Gasteiger partial charge in [-0.1, -0.05) is 30.3 Å². The molecule has 0 spiro atoms. The van der Waals surface area contributed by atoms with Crippen molar-refractivity contribution < 1.29 is 15.0 Å². The Balaban J connectivity index is 2.01. The standard InChI is InChI=1S/C13H17NO3/c15-10-13(12(16)17)6-7-14(9-13)8-11-4-2-1-3-5-11/h1-5,15H,6-10H2,(H,16,17). The predicted molar refractivity (Wildman–Crippen MR) is 63.5 cm³/mol. The van der Waals surface area contributed by atoms with Crippen molar-refractivity contribution in [2.24, 2.45) is 5.41 Å². The predicted octanol–water partition coefficient (Wildman–Crippen LogP) is 0.956. The molecule has 1 aliphatic rings. The molecule has 1 aromatic carbocycles. The van der Waals surface area contributed by atoms with Gasteiger partial charge in [0.2, 0.25) is 0 Å². The normalized spacial score (nSPS) is 25.0. The van der Waals surface area contributed by atoms with Crippen molar-refractivity contribution in [3.8, 4) is 0 Å². The molecule has 0 bridgehead atoms. The van der Waals surface area contributed by atoms with Gasteiger partial charge in [-0.3, -0.25) is 9.69 Å². The maximum Gasteiger partial charge on any atom is 0.313 e. The number of rotatable bonds is 4. The summed E-state index contributed by atoms with van der Waals surface area (Å²) in [7, 11) is 0. The number of hydrogen-bond donors (Lipinski definition) is 2. The van der Waals surface area contributed by atoms with Crippen LogP contribution in [0.2, 0.25) is 0 Å². The quantitative estimate of drug-likeness (QED) is 0.816. The highest BCUT2D eigenvalue weighted by Crippen LogP contribution is 2.31. The van der Waals surface area contributed by atoms with E-state index in [0.717, 1.165) is 13.1 Å². The van der Waals surface area contributed by atoms with Gasteiger partial charge < -0.3 is 10.2 Å². The van der Waals surface area contributed by atoms with E-state index in [0.29, 0.717) is 13.0 Å². The number of carboxylic acids is 1. The van der Waals surface area contributed by atoms with Crippen LogP contribution in [0.25, 0.3) is 0 Å². The Morgan fingerprint density at radius 1 is 1.35 bits per heavy atom. The van der Waals surface area contributed by atoms with Gasteiger partial charge in [-0.2, -0.15) is 0 Å². The molecule has 1 aliphatic heterocycles. The van der Waals surface area contributed by atoms with Crippen LogP contribution in [0.4, 0.5) is 0 Å². The minimum Gasteiger partial charge on any atom is -0.481 e. The number of benzene rings is 1. The van der Waals surface area contributed by atoms with Gasteiger partial charge in [0, 0.05) is 13.1 Å². The molecular formula is C13H17NO3. The molecule has 0 saturated carbocycles. The molecule has 1 unspecified atom stereocenters. The van der Waals surface area contributed by atoms with Crippen LogP contribution in [-0.4, -0.2) is 40.8 Å². The zero-order chi connectivity index (χ0) is 12.3. The van der Waals surface area contributed by atoms with Crippen LogP contribution in [0.1, 0.15) is 12.0 Å². The Hall–Kier alpha value is -1.39. The Kier molecular flexibility index (Phi) is 3.45.